The van der Waals surface area contributed by atoms with Gasteiger partial charge in [0.05, 0.1) is 38.6 Å². The molecule has 0 aromatic heterocycles. The predicted octanol–water partition coefficient (Wildman–Crippen LogP) is 18.1. The van der Waals surface area contributed by atoms with Gasteiger partial charge >= 0.3 is 0 Å². The minimum atomic E-state index is -1.98. The number of rotatable bonds is 76. The van der Waals surface area contributed by atoms with E-state index in [1.807, 2.05) is 6.08 Å². The van der Waals surface area contributed by atoms with Crippen LogP contribution in [0.15, 0.2) is 60.8 Å². The molecule has 0 aromatic rings. The number of aliphatic hydroxyl groups excluding tert-OH is 11. The number of unbranched alkanes of at least 4 members (excludes halogenated alkanes) is 52. The average molecular weight is 1590 g/mol. The Balaban J connectivity index is 1.31. The molecule has 0 radical (unpaired) electrons. The van der Waals surface area contributed by atoms with Gasteiger partial charge in [0.15, 0.2) is 18.9 Å². The molecule has 656 valence electrons. The van der Waals surface area contributed by atoms with Gasteiger partial charge in [-0.3, -0.25) is 4.79 Å². The highest BCUT2D eigenvalue weighted by atomic mass is 16.8. The maximum Gasteiger partial charge on any atom is 0.220 e. The van der Waals surface area contributed by atoms with Crippen molar-refractivity contribution in [2.24, 2.45) is 0 Å². The first-order valence-corrected chi connectivity index (χ1v) is 46.5. The topological polar surface area (TPSA) is 307 Å². The van der Waals surface area contributed by atoms with Crippen molar-refractivity contribution in [2.45, 2.75) is 497 Å². The van der Waals surface area contributed by atoms with Crippen LogP contribution in [0.25, 0.3) is 0 Å². The standard InChI is InChI=1S/C93H171NO18/c1-3-5-7-9-11-13-15-17-19-21-23-25-27-29-31-33-34-35-36-37-38-39-40-41-42-43-45-47-49-51-53-55-57-59-61-63-65-67-69-71-81(99)94-76(77(98)70-68-66-64-62-60-58-56-54-52-50-48-46-44-32-30-28-26-24-22-20-18-16-14-12-10-8-6-4-2)75-107-91-87(105)84(102)89(79(73-96)109-91)112-93-88(106)85(103)90(80(74-97)110-93)111-92-86(104)83(101)82(100)78(72-95)108-92/h15,17,21,23,27,29,60,62,68,70,76-80,82-93,95-98,100-106H,3-14,16,18-20,22,24-26,28,30-59,61,63-67,69,71-75H2,1-2H3,(H,94,99)/b17-15-,23-21-,29-27-,62-60+,70-68+. The van der Waals surface area contributed by atoms with Crippen LogP contribution in [0.3, 0.4) is 0 Å². The molecule has 3 rings (SSSR count). The van der Waals surface area contributed by atoms with Crippen LogP contribution in [-0.2, 0) is 33.2 Å². The summed E-state index contributed by atoms with van der Waals surface area (Å²) in [6, 6.07) is -0.992. The van der Waals surface area contributed by atoms with Crippen LogP contribution < -0.4 is 5.32 Å². The lowest BCUT2D eigenvalue weighted by molar-refractivity contribution is -0.379. The van der Waals surface area contributed by atoms with Crippen LogP contribution in [0, 0.1) is 0 Å². The van der Waals surface area contributed by atoms with Crippen molar-refractivity contribution < 1.29 is 89.4 Å². The van der Waals surface area contributed by atoms with Crippen LogP contribution in [0.2, 0.25) is 0 Å². The number of ether oxygens (including phenoxy) is 6. The van der Waals surface area contributed by atoms with E-state index in [1.165, 1.54) is 308 Å². The number of amides is 1. The van der Waals surface area contributed by atoms with E-state index in [1.54, 1.807) is 6.08 Å². The van der Waals surface area contributed by atoms with Gasteiger partial charge in [-0.15, -0.1) is 0 Å². The van der Waals surface area contributed by atoms with Gasteiger partial charge in [0.1, 0.15) is 73.2 Å². The Morgan fingerprint density at radius 1 is 0.321 bits per heavy atom. The Labute approximate surface area is 681 Å². The van der Waals surface area contributed by atoms with Gasteiger partial charge in [-0.2, -0.15) is 0 Å². The van der Waals surface area contributed by atoms with Crippen LogP contribution in [0.4, 0.5) is 0 Å². The number of carbonyl (C=O) groups is 1. The number of carbonyl (C=O) groups excluding carboxylic acids is 1. The number of allylic oxidation sites excluding steroid dienone is 9. The molecule has 0 spiro atoms. The van der Waals surface area contributed by atoms with Gasteiger partial charge in [-0.25, -0.2) is 0 Å². The zero-order valence-corrected chi connectivity index (χ0v) is 70.9. The molecule has 3 aliphatic rings. The maximum atomic E-state index is 13.5. The molecule has 112 heavy (non-hydrogen) atoms. The summed E-state index contributed by atoms with van der Waals surface area (Å²) >= 11 is 0. The van der Waals surface area contributed by atoms with Crippen LogP contribution in [-0.4, -0.2) is 193 Å². The second kappa shape index (κ2) is 72.5. The lowest BCUT2D eigenvalue weighted by atomic mass is 9.96. The fourth-order valence-corrected chi connectivity index (χ4v) is 15.6. The van der Waals surface area contributed by atoms with Crippen molar-refractivity contribution in [3.05, 3.63) is 60.8 Å². The van der Waals surface area contributed by atoms with Crippen LogP contribution in [0.1, 0.15) is 393 Å². The highest BCUT2D eigenvalue weighted by Gasteiger charge is 2.54. The molecule has 0 bridgehead atoms. The lowest BCUT2D eigenvalue weighted by Gasteiger charge is -2.48. The van der Waals surface area contributed by atoms with Gasteiger partial charge in [0, 0.05) is 6.42 Å². The molecule has 17 atom stereocenters. The first kappa shape index (κ1) is 104. The van der Waals surface area contributed by atoms with Crippen molar-refractivity contribution in [1.82, 2.24) is 5.32 Å². The van der Waals surface area contributed by atoms with Gasteiger partial charge < -0.3 is 89.9 Å². The lowest BCUT2D eigenvalue weighted by Crippen LogP contribution is -2.66. The summed E-state index contributed by atoms with van der Waals surface area (Å²) in [4.78, 5) is 13.5. The van der Waals surface area contributed by atoms with E-state index in [0.29, 0.717) is 12.8 Å². The molecule has 3 aliphatic heterocycles. The van der Waals surface area contributed by atoms with Crippen molar-refractivity contribution >= 4 is 5.91 Å². The summed E-state index contributed by atoms with van der Waals surface area (Å²) in [5, 5.41) is 121. The molecule has 3 heterocycles. The van der Waals surface area contributed by atoms with Gasteiger partial charge in [-0.05, 0) is 70.6 Å². The maximum absolute atomic E-state index is 13.5. The molecule has 12 N–H and O–H groups in total. The molecule has 17 unspecified atom stereocenters. The van der Waals surface area contributed by atoms with Gasteiger partial charge in [0.2, 0.25) is 5.91 Å². The molecule has 0 saturated carbocycles. The van der Waals surface area contributed by atoms with Crippen molar-refractivity contribution in [3.63, 3.8) is 0 Å². The van der Waals surface area contributed by atoms with E-state index < -0.39 is 124 Å². The minimum Gasteiger partial charge on any atom is -0.394 e. The van der Waals surface area contributed by atoms with Gasteiger partial charge in [0.25, 0.3) is 0 Å². The summed E-state index contributed by atoms with van der Waals surface area (Å²) in [5.41, 5.74) is 0. The van der Waals surface area contributed by atoms with E-state index in [-0.39, 0.29) is 18.9 Å². The third-order valence-corrected chi connectivity index (χ3v) is 23.0. The molecule has 19 heteroatoms. The number of aliphatic hydroxyl groups is 11. The molecule has 0 aromatic carbocycles. The van der Waals surface area contributed by atoms with Gasteiger partial charge in [-0.1, -0.05) is 376 Å². The Kier molecular flexibility index (Phi) is 67.1. The summed E-state index contributed by atoms with van der Waals surface area (Å²) in [5.74, 6) is -0.278. The average Bonchev–Trinajstić information content (AvgIpc) is 0.780. The summed E-state index contributed by atoms with van der Waals surface area (Å²) in [7, 11) is 0. The number of hydrogen-bond acceptors (Lipinski definition) is 18. The fourth-order valence-electron chi connectivity index (χ4n) is 15.6. The normalized spacial score (nSPS) is 25.2. The Morgan fingerprint density at radius 2 is 0.598 bits per heavy atom. The van der Waals surface area contributed by atoms with Crippen molar-refractivity contribution in [3.8, 4) is 0 Å². The van der Waals surface area contributed by atoms with Crippen molar-refractivity contribution in [1.29, 1.82) is 0 Å². The number of nitrogens with one attached hydrogen (secondary N) is 1. The molecule has 1 amide bonds. The summed E-state index contributed by atoms with van der Waals surface area (Å²) in [6.45, 7) is 1.77. The van der Waals surface area contributed by atoms with Crippen molar-refractivity contribution in [2.75, 3.05) is 26.4 Å². The minimum absolute atomic E-state index is 0.238. The SMILES string of the molecule is CCCCCCC/C=C\C/C=C\C/C=C\CCCCCCCCCCCCCCCCCCCCCCCCCCC(=O)NC(COC1OC(CO)C(OC2OC(CO)C(OC3OC(CO)C(O)C(O)C3O)C(O)C2O)C(O)C1O)C(O)/C=C/CC/C=C/CCCCCCCCCCCCCCCCCCCCCCCC. The van der Waals surface area contributed by atoms with E-state index >= 15 is 0 Å². The highest BCUT2D eigenvalue weighted by Crippen LogP contribution is 2.34. The zero-order valence-electron chi connectivity index (χ0n) is 70.9. The summed E-state index contributed by atoms with van der Waals surface area (Å²) in [6.07, 6.45) is 69.6. The highest BCUT2D eigenvalue weighted by molar-refractivity contribution is 5.76. The molecular weight excluding hydrogens is 1420 g/mol. The zero-order chi connectivity index (χ0) is 81.0. The second-order valence-electron chi connectivity index (χ2n) is 33.1. The third kappa shape index (κ3) is 50.4. The quantitative estimate of drug-likeness (QED) is 0.0199. The Morgan fingerprint density at radius 3 is 0.955 bits per heavy atom. The molecule has 3 saturated heterocycles. The largest absolute Gasteiger partial charge is 0.394 e. The van der Waals surface area contributed by atoms with E-state index in [9.17, 15) is 61.0 Å². The van der Waals surface area contributed by atoms with E-state index in [0.717, 1.165) is 51.4 Å². The predicted molar refractivity (Wildman–Crippen MR) is 452 cm³/mol. The third-order valence-electron chi connectivity index (χ3n) is 23.0. The molecular formula is C93H171NO18. The smallest absolute Gasteiger partial charge is 0.220 e. The molecule has 19 nitrogen and oxygen atoms in total. The molecule has 0 aliphatic carbocycles. The van der Waals surface area contributed by atoms with E-state index in [4.69, 9.17) is 28.4 Å². The summed E-state index contributed by atoms with van der Waals surface area (Å²) < 4.78 is 34.5. The van der Waals surface area contributed by atoms with Crippen LogP contribution >= 0.6 is 0 Å². The number of hydrogen-bond donors (Lipinski definition) is 12. The second-order valence-corrected chi connectivity index (χ2v) is 33.1. The fraction of sp³-hybridized carbons (Fsp3) is 0.882. The van der Waals surface area contributed by atoms with E-state index in [2.05, 4.69) is 67.8 Å². The first-order chi connectivity index (χ1) is 54.8. The Hall–Kier alpha value is -2.51. The first-order valence-electron chi connectivity index (χ1n) is 46.5. The monoisotopic (exact) mass is 1590 g/mol. The Bertz CT molecular complexity index is 2250. The van der Waals surface area contributed by atoms with Crippen LogP contribution in [0.5, 0.6) is 0 Å². The molecule has 3 fully saturated rings.